The molecule has 0 aliphatic carbocycles. The van der Waals surface area contributed by atoms with Gasteiger partial charge in [-0.05, 0) is 54.7 Å². The first-order valence-electron chi connectivity index (χ1n) is 9.85. The van der Waals surface area contributed by atoms with Crippen LogP contribution in [0.25, 0.3) is 22.4 Å². The maximum atomic E-state index is 10.6. The molecular formula is C25H24N2O3. The van der Waals surface area contributed by atoms with Gasteiger partial charge in [0.1, 0.15) is 22.9 Å². The van der Waals surface area contributed by atoms with Crippen LogP contribution in [0.4, 0.5) is 0 Å². The Bertz CT molecular complexity index is 1150. The van der Waals surface area contributed by atoms with Gasteiger partial charge in [-0.2, -0.15) is 5.10 Å². The quantitative estimate of drug-likeness (QED) is 0.413. The van der Waals surface area contributed by atoms with E-state index in [1.807, 2.05) is 55.5 Å². The Balaban J connectivity index is 1.72. The molecular weight excluding hydrogens is 376 g/mol. The molecule has 0 spiro atoms. The molecule has 0 saturated heterocycles. The fraction of sp³-hybridized carbons (Fsp3) is 0.160. The summed E-state index contributed by atoms with van der Waals surface area (Å²) >= 11 is 0. The number of phenolic OH excluding ortho intramolecular Hbond substituents is 2. The van der Waals surface area contributed by atoms with E-state index in [9.17, 15) is 10.2 Å². The number of hydrogen-bond acceptors (Lipinski definition) is 4. The van der Waals surface area contributed by atoms with Crippen LogP contribution in [-0.4, -0.2) is 27.5 Å². The fourth-order valence-corrected chi connectivity index (χ4v) is 3.67. The van der Waals surface area contributed by atoms with Gasteiger partial charge >= 0.3 is 0 Å². The fourth-order valence-electron chi connectivity index (χ4n) is 3.67. The van der Waals surface area contributed by atoms with E-state index in [0.29, 0.717) is 17.7 Å². The molecule has 1 heterocycles. The van der Waals surface area contributed by atoms with E-state index in [-0.39, 0.29) is 11.5 Å². The maximum Gasteiger partial charge on any atom is 0.128 e. The molecule has 30 heavy (non-hydrogen) atoms. The molecule has 0 atom stereocenters. The van der Waals surface area contributed by atoms with Crippen LogP contribution in [0.1, 0.15) is 16.8 Å². The third kappa shape index (κ3) is 3.87. The van der Waals surface area contributed by atoms with Gasteiger partial charge in [-0.25, -0.2) is 0 Å². The van der Waals surface area contributed by atoms with Crippen molar-refractivity contribution < 1.29 is 14.9 Å². The molecule has 0 aliphatic heterocycles. The molecule has 5 nitrogen and oxygen atoms in total. The molecule has 0 saturated carbocycles. The number of nitrogens with zero attached hydrogens (tertiary/aromatic N) is 1. The highest BCUT2D eigenvalue weighted by Gasteiger charge is 2.19. The number of aromatic nitrogens is 2. The van der Waals surface area contributed by atoms with E-state index in [0.717, 1.165) is 34.6 Å². The van der Waals surface area contributed by atoms with Gasteiger partial charge in [-0.3, -0.25) is 5.10 Å². The number of benzene rings is 3. The minimum Gasteiger partial charge on any atom is -0.508 e. The lowest BCUT2D eigenvalue weighted by Gasteiger charge is -2.11. The van der Waals surface area contributed by atoms with Crippen molar-refractivity contribution in [1.29, 1.82) is 0 Å². The van der Waals surface area contributed by atoms with Crippen molar-refractivity contribution >= 4 is 0 Å². The van der Waals surface area contributed by atoms with Crippen molar-refractivity contribution in [2.75, 3.05) is 7.11 Å². The van der Waals surface area contributed by atoms with Gasteiger partial charge in [0.25, 0.3) is 0 Å². The zero-order valence-electron chi connectivity index (χ0n) is 17.0. The summed E-state index contributed by atoms with van der Waals surface area (Å²) < 4.78 is 5.25. The standard InChI is InChI=1S/C25H24N2O3/c1-16-24(18-10-12-20(30-2)13-11-18)25(27-26-16)21-14-19(22(28)15-23(21)29)9-8-17-6-4-3-5-7-17/h3-7,10-15,28-29H,8-9H2,1-2H3,(H,26,27). The zero-order chi connectivity index (χ0) is 21.1. The first-order chi connectivity index (χ1) is 14.6. The van der Waals surface area contributed by atoms with Crippen LogP contribution in [0.5, 0.6) is 17.2 Å². The van der Waals surface area contributed by atoms with Gasteiger partial charge in [0, 0.05) is 22.9 Å². The van der Waals surface area contributed by atoms with Crippen molar-refractivity contribution in [3.05, 3.63) is 83.6 Å². The van der Waals surface area contributed by atoms with Gasteiger partial charge in [0.05, 0.1) is 7.11 Å². The minimum atomic E-state index is -0.00257. The molecule has 3 N–H and O–H groups in total. The molecule has 0 amide bonds. The number of aryl methyl sites for hydroxylation is 3. The number of nitrogens with one attached hydrogen (secondary N) is 1. The molecule has 5 heteroatoms. The highest BCUT2D eigenvalue weighted by molar-refractivity contribution is 5.85. The number of ether oxygens (including phenoxy) is 1. The molecule has 0 unspecified atom stereocenters. The average Bonchev–Trinajstić information content (AvgIpc) is 3.15. The molecule has 0 fully saturated rings. The number of hydrogen-bond donors (Lipinski definition) is 3. The summed E-state index contributed by atoms with van der Waals surface area (Å²) in [5.41, 5.74) is 5.98. The van der Waals surface area contributed by atoms with E-state index in [4.69, 9.17) is 4.74 Å². The van der Waals surface area contributed by atoms with Gasteiger partial charge in [0.15, 0.2) is 0 Å². The number of H-pyrrole nitrogens is 1. The van der Waals surface area contributed by atoms with Gasteiger partial charge < -0.3 is 14.9 Å². The molecule has 152 valence electrons. The number of phenols is 2. The lowest BCUT2D eigenvalue weighted by molar-refractivity contribution is 0.415. The summed E-state index contributed by atoms with van der Waals surface area (Å²) in [6.45, 7) is 1.95. The largest absolute Gasteiger partial charge is 0.508 e. The Morgan fingerprint density at radius 1 is 0.900 bits per heavy atom. The SMILES string of the molecule is COc1ccc(-c2c(-c3cc(CCc4ccccc4)c(O)cc3O)n[nH]c2C)cc1. The van der Waals surface area contributed by atoms with Gasteiger partial charge in [-0.15, -0.1) is 0 Å². The van der Waals surface area contributed by atoms with Crippen molar-refractivity contribution in [2.45, 2.75) is 19.8 Å². The maximum absolute atomic E-state index is 10.6. The summed E-state index contributed by atoms with van der Waals surface area (Å²) in [5, 5.41) is 28.5. The van der Waals surface area contributed by atoms with E-state index in [2.05, 4.69) is 22.3 Å². The van der Waals surface area contributed by atoms with Crippen LogP contribution in [0.2, 0.25) is 0 Å². The molecule has 4 aromatic rings. The van der Waals surface area contributed by atoms with Crippen molar-refractivity contribution in [3.63, 3.8) is 0 Å². The first-order valence-corrected chi connectivity index (χ1v) is 9.85. The highest BCUT2D eigenvalue weighted by Crippen LogP contribution is 2.40. The zero-order valence-corrected chi connectivity index (χ0v) is 17.0. The van der Waals surface area contributed by atoms with Crippen molar-refractivity contribution in [3.8, 4) is 39.6 Å². The Hall–Kier alpha value is -3.73. The van der Waals surface area contributed by atoms with Gasteiger partial charge in [0.2, 0.25) is 0 Å². The summed E-state index contributed by atoms with van der Waals surface area (Å²) in [6.07, 6.45) is 1.45. The lowest BCUT2D eigenvalue weighted by Crippen LogP contribution is -1.94. The Morgan fingerprint density at radius 2 is 1.63 bits per heavy atom. The topological polar surface area (TPSA) is 78.4 Å². The van der Waals surface area contributed by atoms with E-state index in [1.54, 1.807) is 7.11 Å². The third-order valence-electron chi connectivity index (χ3n) is 5.30. The Labute approximate surface area is 175 Å². The Morgan fingerprint density at radius 3 is 2.33 bits per heavy atom. The Kier molecular flexibility index (Phi) is 5.44. The second-order valence-electron chi connectivity index (χ2n) is 7.28. The van der Waals surface area contributed by atoms with Crippen LogP contribution >= 0.6 is 0 Å². The van der Waals surface area contributed by atoms with Crippen LogP contribution < -0.4 is 4.74 Å². The monoisotopic (exact) mass is 400 g/mol. The molecule has 0 aliphatic rings. The molecule has 3 aromatic carbocycles. The summed E-state index contributed by atoms with van der Waals surface area (Å²) in [7, 11) is 1.63. The number of rotatable bonds is 6. The number of methoxy groups -OCH3 is 1. The minimum absolute atomic E-state index is 0.00257. The third-order valence-corrected chi connectivity index (χ3v) is 5.30. The van der Waals surface area contributed by atoms with E-state index >= 15 is 0 Å². The summed E-state index contributed by atoms with van der Waals surface area (Å²) in [6, 6.07) is 21.1. The second-order valence-corrected chi connectivity index (χ2v) is 7.28. The second kappa shape index (κ2) is 8.33. The van der Waals surface area contributed by atoms with Crippen LogP contribution in [0, 0.1) is 6.92 Å². The van der Waals surface area contributed by atoms with Crippen molar-refractivity contribution in [2.24, 2.45) is 0 Å². The first kappa shape index (κ1) is 19.6. The summed E-state index contributed by atoms with van der Waals surface area (Å²) in [4.78, 5) is 0. The van der Waals surface area contributed by atoms with Crippen LogP contribution in [0.3, 0.4) is 0 Å². The molecule has 0 radical (unpaired) electrons. The predicted molar refractivity (Wildman–Crippen MR) is 118 cm³/mol. The molecule has 1 aromatic heterocycles. The van der Waals surface area contributed by atoms with E-state index in [1.165, 1.54) is 11.6 Å². The normalized spacial score (nSPS) is 10.9. The average molecular weight is 400 g/mol. The lowest BCUT2D eigenvalue weighted by atomic mass is 9.95. The molecule has 0 bridgehead atoms. The smallest absolute Gasteiger partial charge is 0.128 e. The molecule has 4 rings (SSSR count). The summed E-state index contributed by atoms with van der Waals surface area (Å²) in [5.74, 6) is 0.861. The predicted octanol–water partition coefficient (Wildman–Crippen LogP) is 5.26. The van der Waals surface area contributed by atoms with Crippen LogP contribution in [-0.2, 0) is 12.8 Å². The van der Waals surface area contributed by atoms with Gasteiger partial charge in [-0.1, -0.05) is 42.5 Å². The van der Waals surface area contributed by atoms with Crippen molar-refractivity contribution in [1.82, 2.24) is 10.2 Å². The van der Waals surface area contributed by atoms with Crippen LogP contribution in [0.15, 0.2) is 66.7 Å². The highest BCUT2D eigenvalue weighted by atomic mass is 16.5. The number of aromatic amines is 1. The van der Waals surface area contributed by atoms with E-state index < -0.39 is 0 Å². The number of aromatic hydroxyl groups is 2.